The van der Waals surface area contributed by atoms with Crippen LogP contribution in [-0.2, 0) is 19.5 Å². The summed E-state index contributed by atoms with van der Waals surface area (Å²) in [5.74, 6) is -0.0224. The highest BCUT2D eigenvalue weighted by Crippen LogP contribution is 2.23. The van der Waals surface area contributed by atoms with E-state index in [1.165, 1.54) is 0 Å². The summed E-state index contributed by atoms with van der Waals surface area (Å²) in [6.45, 7) is 1.61. The molecule has 30 heavy (non-hydrogen) atoms. The van der Waals surface area contributed by atoms with Gasteiger partial charge in [-0.25, -0.2) is 0 Å². The molecule has 0 unspecified atom stereocenters. The number of benzene rings is 2. The smallest absolute Gasteiger partial charge is 0.256 e. The van der Waals surface area contributed by atoms with E-state index in [4.69, 9.17) is 0 Å². The van der Waals surface area contributed by atoms with E-state index in [-0.39, 0.29) is 11.5 Å². The topological polar surface area (TPSA) is 55.2 Å². The molecule has 1 aliphatic heterocycles. The van der Waals surface area contributed by atoms with Gasteiger partial charge in [0.25, 0.3) is 11.5 Å². The summed E-state index contributed by atoms with van der Waals surface area (Å²) in [5, 5.41) is 0.956. The molecule has 2 aromatic carbocycles. The number of para-hydroxylation sites is 1. The van der Waals surface area contributed by atoms with E-state index in [0.29, 0.717) is 31.6 Å². The Hall–Kier alpha value is -3.73. The van der Waals surface area contributed by atoms with Gasteiger partial charge < -0.3 is 9.47 Å². The second kappa shape index (κ2) is 7.59. The zero-order chi connectivity index (χ0) is 20.5. The third-order valence-corrected chi connectivity index (χ3v) is 5.66. The molecule has 5 nitrogen and oxygen atoms in total. The normalized spacial score (nSPS) is 13.3. The number of amides is 1. The summed E-state index contributed by atoms with van der Waals surface area (Å²) in [7, 11) is 0. The van der Waals surface area contributed by atoms with Crippen LogP contribution in [0.3, 0.4) is 0 Å². The fourth-order valence-corrected chi connectivity index (χ4v) is 4.10. The second-order valence-electron chi connectivity index (χ2n) is 7.63. The van der Waals surface area contributed by atoms with Gasteiger partial charge in [-0.05, 0) is 35.2 Å². The maximum absolute atomic E-state index is 13.3. The lowest BCUT2D eigenvalue weighted by Crippen LogP contribution is -2.37. The Morgan fingerprint density at radius 2 is 1.80 bits per heavy atom. The molecule has 5 heteroatoms. The summed E-state index contributed by atoms with van der Waals surface area (Å²) in [6.07, 6.45) is 4.30. The molecule has 5 rings (SSSR count). The molecule has 0 radical (unpaired) electrons. The number of pyridine rings is 2. The quantitative estimate of drug-likeness (QED) is 0.532. The van der Waals surface area contributed by atoms with Gasteiger partial charge in [-0.2, -0.15) is 0 Å². The highest BCUT2D eigenvalue weighted by molar-refractivity contribution is 6.05. The first kappa shape index (κ1) is 18.3. The lowest BCUT2D eigenvalue weighted by molar-refractivity contribution is 0.0736. The van der Waals surface area contributed by atoms with E-state index in [1.807, 2.05) is 71.8 Å². The first-order chi connectivity index (χ1) is 14.7. The van der Waals surface area contributed by atoms with Crippen molar-refractivity contribution in [2.24, 2.45) is 0 Å². The van der Waals surface area contributed by atoms with Crippen LogP contribution in [0.15, 0.2) is 83.9 Å². The average Bonchev–Trinajstić information content (AvgIpc) is 2.79. The number of hydrogen-bond acceptors (Lipinski definition) is 3. The highest BCUT2D eigenvalue weighted by atomic mass is 16.2. The van der Waals surface area contributed by atoms with Crippen LogP contribution in [0.25, 0.3) is 10.9 Å². The van der Waals surface area contributed by atoms with Gasteiger partial charge in [0.2, 0.25) is 0 Å². The van der Waals surface area contributed by atoms with Crippen molar-refractivity contribution in [2.45, 2.75) is 19.5 Å². The third kappa shape index (κ3) is 3.39. The van der Waals surface area contributed by atoms with Crippen molar-refractivity contribution in [3.8, 4) is 0 Å². The zero-order valence-corrected chi connectivity index (χ0v) is 16.5. The molecule has 0 saturated carbocycles. The van der Waals surface area contributed by atoms with Gasteiger partial charge in [0.15, 0.2) is 0 Å². The van der Waals surface area contributed by atoms with Crippen molar-refractivity contribution in [1.82, 2.24) is 14.5 Å². The Labute approximate surface area is 174 Å². The van der Waals surface area contributed by atoms with Gasteiger partial charge in [-0.1, -0.05) is 48.5 Å². The van der Waals surface area contributed by atoms with Crippen molar-refractivity contribution in [2.75, 3.05) is 6.54 Å². The van der Waals surface area contributed by atoms with Crippen LogP contribution in [0.4, 0.5) is 0 Å². The third-order valence-electron chi connectivity index (χ3n) is 5.66. The van der Waals surface area contributed by atoms with Crippen molar-refractivity contribution in [3.05, 3.63) is 112 Å². The van der Waals surface area contributed by atoms with E-state index in [2.05, 4.69) is 4.98 Å². The Kier molecular flexibility index (Phi) is 4.64. The van der Waals surface area contributed by atoms with Gasteiger partial charge >= 0.3 is 0 Å². The SMILES string of the molecule is O=C(c1cccc2cccnc12)N1CCc2cc(=O)n(Cc3ccccc3)cc2C1. The number of rotatable bonds is 3. The van der Waals surface area contributed by atoms with E-state index in [1.54, 1.807) is 16.8 Å². The average molecular weight is 395 g/mol. The van der Waals surface area contributed by atoms with E-state index < -0.39 is 0 Å². The molecule has 0 bridgehead atoms. The summed E-state index contributed by atoms with van der Waals surface area (Å²) in [5.41, 5.74) is 4.47. The predicted octanol–water partition coefficient (Wildman–Crippen LogP) is 3.64. The molecule has 0 saturated heterocycles. The molecule has 0 fully saturated rings. The first-order valence-electron chi connectivity index (χ1n) is 10.1. The Balaban J connectivity index is 1.44. The van der Waals surface area contributed by atoms with Crippen molar-refractivity contribution < 1.29 is 4.79 Å². The van der Waals surface area contributed by atoms with Crippen molar-refractivity contribution >= 4 is 16.8 Å². The van der Waals surface area contributed by atoms with Crippen molar-refractivity contribution in [3.63, 3.8) is 0 Å². The van der Waals surface area contributed by atoms with Crippen molar-refractivity contribution in [1.29, 1.82) is 0 Å². The number of fused-ring (bicyclic) bond motifs is 2. The van der Waals surface area contributed by atoms with Crippen LogP contribution in [0.5, 0.6) is 0 Å². The van der Waals surface area contributed by atoms with Gasteiger partial charge in [-0.3, -0.25) is 14.6 Å². The summed E-state index contributed by atoms with van der Waals surface area (Å²) >= 11 is 0. The predicted molar refractivity (Wildman–Crippen MR) is 116 cm³/mol. The molecule has 1 amide bonds. The largest absolute Gasteiger partial charge is 0.334 e. The molecule has 0 spiro atoms. The molecule has 0 aliphatic carbocycles. The highest BCUT2D eigenvalue weighted by Gasteiger charge is 2.24. The van der Waals surface area contributed by atoms with Crippen LogP contribution in [-0.4, -0.2) is 26.9 Å². The van der Waals surface area contributed by atoms with Crippen LogP contribution in [0.1, 0.15) is 27.0 Å². The first-order valence-corrected chi connectivity index (χ1v) is 10.1. The minimum atomic E-state index is -0.0224. The summed E-state index contributed by atoms with van der Waals surface area (Å²) in [6, 6.07) is 21.2. The maximum atomic E-state index is 13.3. The molecule has 148 valence electrons. The van der Waals surface area contributed by atoms with Crippen LogP contribution < -0.4 is 5.56 Å². The van der Waals surface area contributed by atoms with Crippen LogP contribution in [0, 0.1) is 0 Å². The molecular weight excluding hydrogens is 374 g/mol. The molecule has 2 aromatic heterocycles. The zero-order valence-electron chi connectivity index (χ0n) is 16.5. The molecule has 1 aliphatic rings. The number of hydrogen-bond donors (Lipinski definition) is 0. The number of carbonyl (C=O) groups is 1. The molecular formula is C25H21N3O2. The monoisotopic (exact) mass is 395 g/mol. The minimum Gasteiger partial charge on any atom is -0.334 e. The fourth-order valence-electron chi connectivity index (χ4n) is 4.10. The van der Waals surface area contributed by atoms with Gasteiger partial charge in [0.05, 0.1) is 17.6 Å². The van der Waals surface area contributed by atoms with E-state index in [9.17, 15) is 9.59 Å². The Morgan fingerprint density at radius 3 is 2.67 bits per heavy atom. The summed E-state index contributed by atoms with van der Waals surface area (Å²) < 4.78 is 1.72. The minimum absolute atomic E-state index is 0.00404. The Bertz CT molecular complexity index is 1290. The maximum Gasteiger partial charge on any atom is 0.256 e. The van der Waals surface area contributed by atoms with E-state index >= 15 is 0 Å². The molecule has 0 N–H and O–H groups in total. The molecule has 0 atom stereocenters. The standard InChI is InChI=1S/C25H21N3O2/c29-23-14-20-11-13-27(16-21(20)17-28(23)15-18-6-2-1-3-7-18)25(30)22-10-4-8-19-9-5-12-26-24(19)22/h1-10,12,14,17H,11,13,15-16H2. The number of carbonyl (C=O) groups excluding carboxylic acids is 1. The lowest BCUT2D eigenvalue weighted by atomic mass is 10.0. The van der Waals surface area contributed by atoms with Gasteiger partial charge in [0, 0.05) is 36.9 Å². The summed E-state index contributed by atoms with van der Waals surface area (Å²) in [4.78, 5) is 32.1. The second-order valence-corrected chi connectivity index (χ2v) is 7.63. The van der Waals surface area contributed by atoms with Gasteiger partial charge in [0.1, 0.15) is 0 Å². The Morgan fingerprint density at radius 1 is 0.967 bits per heavy atom. The lowest BCUT2D eigenvalue weighted by Gasteiger charge is -2.29. The van der Waals surface area contributed by atoms with Crippen LogP contribution in [0.2, 0.25) is 0 Å². The van der Waals surface area contributed by atoms with Gasteiger partial charge in [-0.15, -0.1) is 0 Å². The van der Waals surface area contributed by atoms with Crippen LogP contribution >= 0.6 is 0 Å². The number of aromatic nitrogens is 2. The molecule has 3 heterocycles. The number of nitrogens with zero attached hydrogens (tertiary/aromatic N) is 3. The van der Waals surface area contributed by atoms with E-state index in [0.717, 1.165) is 27.6 Å². The fraction of sp³-hybridized carbons (Fsp3) is 0.160. The molecule has 4 aromatic rings.